The molecule has 0 aromatic carbocycles. The Labute approximate surface area is 475 Å². The molecule has 0 heterocycles. The van der Waals surface area contributed by atoms with E-state index in [2.05, 4.69) is 142 Å². The Morgan fingerprint density at radius 1 is 0.273 bits per heavy atom. The third kappa shape index (κ3) is 62.5. The van der Waals surface area contributed by atoms with Gasteiger partial charge in [-0.1, -0.05) is 277 Å². The fourth-order valence-electron chi connectivity index (χ4n) is 8.67. The van der Waals surface area contributed by atoms with Crippen LogP contribution in [0.15, 0.2) is 122 Å². The van der Waals surface area contributed by atoms with E-state index in [-0.39, 0.29) is 31.1 Å². The molecule has 0 rings (SSSR count). The van der Waals surface area contributed by atoms with Gasteiger partial charge in [0.2, 0.25) is 0 Å². The van der Waals surface area contributed by atoms with E-state index in [1.165, 1.54) is 116 Å². The Kier molecular flexibility index (Phi) is 60.8. The summed E-state index contributed by atoms with van der Waals surface area (Å²) in [5.41, 5.74) is 0. The average Bonchev–Trinajstić information content (AvgIpc) is 3.43. The molecule has 438 valence electrons. The predicted octanol–water partition coefficient (Wildman–Crippen LogP) is 22.0. The number of hydrogen-bond acceptors (Lipinski definition) is 6. The lowest BCUT2D eigenvalue weighted by molar-refractivity contribution is -0.167. The van der Waals surface area contributed by atoms with Gasteiger partial charge in [0.1, 0.15) is 13.2 Å². The number of esters is 3. The minimum Gasteiger partial charge on any atom is -0.462 e. The molecule has 77 heavy (non-hydrogen) atoms. The molecule has 0 N–H and O–H groups in total. The Morgan fingerprint density at radius 3 is 0.792 bits per heavy atom. The van der Waals surface area contributed by atoms with Gasteiger partial charge in [0, 0.05) is 19.3 Å². The molecule has 1 unspecified atom stereocenters. The average molecular weight is 1070 g/mol. The van der Waals surface area contributed by atoms with Crippen LogP contribution < -0.4 is 0 Å². The Morgan fingerprint density at radius 2 is 0.506 bits per heavy atom. The van der Waals surface area contributed by atoms with Gasteiger partial charge in [-0.15, -0.1) is 0 Å². The van der Waals surface area contributed by atoms with E-state index in [0.29, 0.717) is 19.3 Å². The molecule has 0 spiro atoms. The summed E-state index contributed by atoms with van der Waals surface area (Å²) in [4.78, 5) is 37.9. The van der Waals surface area contributed by atoms with Gasteiger partial charge in [0.25, 0.3) is 0 Å². The zero-order chi connectivity index (χ0) is 55.7. The van der Waals surface area contributed by atoms with Crippen LogP contribution in [-0.2, 0) is 28.6 Å². The molecule has 0 fully saturated rings. The van der Waals surface area contributed by atoms with Crippen LogP contribution in [0.4, 0.5) is 0 Å². The molecule has 0 saturated heterocycles. The summed E-state index contributed by atoms with van der Waals surface area (Å²) in [6.45, 7) is 6.42. The van der Waals surface area contributed by atoms with Crippen LogP contribution in [0.3, 0.4) is 0 Å². The highest BCUT2D eigenvalue weighted by atomic mass is 16.6. The van der Waals surface area contributed by atoms with Crippen LogP contribution >= 0.6 is 0 Å². The summed E-state index contributed by atoms with van der Waals surface area (Å²) in [6.07, 6.45) is 89.7. The number of allylic oxidation sites excluding steroid dienone is 20. The van der Waals surface area contributed by atoms with Gasteiger partial charge >= 0.3 is 17.9 Å². The van der Waals surface area contributed by atoms with E-state index in [4.69, 9.17) is 14.2 Å². The molecular weight excluding hydrogens is 949 g/mol. The van der Waals surface area contributed by atoms with Crippen molar-refractivity contribution < 1.29 is 28.6 Å². The second-order valence-electron chi connectivity index (χ2n) is 20.9. The first-order valence-corrected chi connectivity index (χ1v) is 32.0. The fraction of sp³-hybridized carbons (Fsp3) is 0.676. The van der Waals surface area contributed by atoms with Crippen molar-refractivity contribution in [3.8, 4) is 0 Å². The molecule has 0 saturated carbocycles. The Bertz CT molecular complexity index is 1600. The summed E-state index contributed by atoms with van der Waals surface area (Å²) < 4.78 is 16.7. The monoisotopic (exact) mass is 1070 g/mol. The molecule has 0 radical (unpaired) electrons. The van der Waals surface area contributed by atoms with Crippen LogP contribution in [0.5, 0.6) is 0 Å². The quantitative estimate of drug-likeness (QED) is 0.0261. The summed E-state index contributed by atoms with van der Waals surface area (Å²) in [7, 11) is 0. The van der Waals surface area contributed by atoms with E-state index in [0.717, 1.165) is 135 Å². The summed E-state index contributed by atoms with van der Waals surface area (Å²) in [5, 5.41) is 0. The molecule has 0 aliphatic heterocycles. The zero-order valence-electron chi connectivity index (χ0n) is 50.2. The van der Waals surface area contributed by atoms with Crippen LogP contribution in [0, 0.1) is 0 Å². The van der Waals surface area contributed by atoms with E-state index in [1.807, 2.05) is 0 Å². The number of ether oxygens (including phenoxy) is 3. The highest BCUT2D eigenvalue weighted by molar-refractivity contribution is 5.71. The van der Waals surface area contributed by atoms with Crippen molar-refractivity contribution in [2.45, 2.75) is 297 Å². The van der Waals surface area contributed by atoms with E-state index >= 15 is 0 Å². The fourth-order valence-corrected chi connectivity index (χ4v) is 8.67. The van der Waals surface area contributed by atoms with Crippen molar-refractivity contribution in [3.63, 3.8) is 0 Å². The van der Waals surface area contributed by atoms with E-state index in [1.54, 1.807) is 0 Å². The first-order valence-electron chi connectivity index (χ1n) is 32.0. The number of unbranched alkanes of at least 4 members (excludes halogenated alkanes) is 26. The Hall–Kier alpha value is -4.19. The smallest absolute Gasteiger partial charge is 0.306 e. The van der Waals surface area contributed by atoms with Gasteiger partial charge in [-0.2, -0.15) is 0 Å². The maximum absolute atomic E-state index is 12.8. The third-order valence-corrected chi connectivity index (χ3v) is 13.5. The van der Waals surface area contributed by atoms with E-state index in [9.17, 15) is 14.4 Å². The van der Waals surface area contributed by atoms with Gasteiger partial charge in [0.15, 0.2) is 6.10 Å². The second-order valence-corrected chi connectivity index (χ2v) is 20.9. The predicted molar refractivity (Wildman–Crippen MR) is 334 cm³/mol. The van der Waals surface area contributed by atoms with Gasteiger partial charge in [-0.05, 0) is 116 Å². The van der Waals surface area contributed by atoms with Crippen molar-refractivity contribution in [2.75, 3.05) is 13.2 Å². The van der Waals surface area contributed by atoms with Crippen LogP contribution in [-0.4, -0.2) is 37.2 Å². The molecule has 0 aliphatic rings. The van der Waals surface area contributed by atoms with Crippen molar-refractivity contribution in [1.29, 1.82) is 0 Å². The van der Waals surface area contributed by atoms with Crippen LogP contribution in [0.1, 0.15) is 290 Å². The van der Waals surface area contributed by atoms with E-state index < -0.39 is 6.10 Å². The normalized spacial score (nSPS) is 12.9. The van der Waals surface area contributed by atoms with Crippen LogP contribution in [0.25, 0.3) is 0 Å². The molecule has 0 aromatic heterocycles. The maximum Gasteiger partial charge on any atom is 0.306 e. The highest BCUT2D eigenvalue weighted by Gasteiger charge is 2.19. The third-order valence-electron chi connectivity index (χ3n) is 13.5. The molecule has 0 aromatic rings. The topological polar surface area (TPSA) is 78.9 Å². The van der Waals surface area contributed by atoms with Crippen molar-refractivity contribution in [3.05, 3.63) is 122 Å². The Balaban J connectivity index is 4.13. The molecular formula is C71H118O6. The second kappa shape index (κ2) is 64.3. The molecule has 0 bridgehead atoms. The van der Waals surface area contributed by atoms with Gasteiger partial charge in [0.05, 0.1) is 0 Å². The lowest BCUT2D eigenvalue weighted by Crippen LogP contribution is -2.30. The lowest BCUT2D eigenvalue weighted by atomic mass is 10.0. The summed E-state index contributed by atoms with van der Waals surface area (Å²) in [5.74, 6) is -0.926. The van der Waals surface area contributed by atoms with Gasteiger partial charge in [-0.25, -0.2) is 0 Å². The van der Waals surface area contributed by atoms with Gasteiger partial charge < -0.3 is 14.2 Å². The number of carbonyl (C=O) groups excluding carboxylic acids is 3. The molecule has 6 heteroatoms. The SMILES string of the molecule is CC/C=C\C/C=C\C/C=C\C/C=C\C/C=C\C/C=C\C/C=C\C/C=C\CCCCCCC(=O)OCC(COC(=O)CCCCCCC)OC(=O)CCCCCCCCCCCCCCC/C=C\C/C=C\CCCCCCC. The lowest BCUT2D eigenvalue weighted by Gasteiger charge is -2.18. The van der Waals surface area contributed by atoms with Crippen LogP contribution in [0.2, 0.25) is 0 Å². The largest absolute Gasteiger partial charge is 0.462 e. The molecule has 6 nitrogen and oxygen atoms in total. The first-order chi connectivity index (χ1) is 38.0. The number of rotatable bonds is 57. The van der Waals surface area contributed by atoms with Crippen molar-refractivity contribution in [2.24, 2.45) is 0 Å². The minimum absolute atomic E-state index is 0.0884. The first kappa shape index (κ1) is 72.8. The number of carbonyl (C=O) groups is 3. The van der Waals surface area contributed by atoms with Crippen molar-refractivity contribution in [1.82, 2.24) is 0 Å². The summed E-state index contributed by atoms with van der Waals surface area (Å²) in [6, 6.07) is 0. The highest BCUT2D eigenvalue weighted by Crippen LogP contribution is 2.15. The standard InChI is InChI=1S/C71H118O6/c1-4-7-10-13-15-17-19-21-23-25-27-29-31-33-34-35-36-38-39-41-43-45-47-49-51-53-55-58-61-64-70(73)76-67-68(66-75-69(72)63-60-57-12-9-6-3)77-71(74)65-62-59-56-54-52-50-48-46-44-42-40-37-32-30-28-26-24-22-20-18-16-14-11-8-5-2/h7,10,15,17,20-23,26-29,33-34,36,38,41,43,47,49,68H,4-6,8-9,11-14,16,18-19,24-25,30-32,35,37,39-40,42,44-46,48,50-67H2,1-3H3/b10-7-,17-15-,22-20-,23-21-,28-26-,29-27-,34-33-,38-36-,43-41-,49-47-. The van der Waals surface area contributed by atoms with Crippen molar-refractivity contribution >= 4 is 17.9 Å². The summed E-state index contributed by atoms with van der Waals surface area (Å²) >= 11 is 0. The molecule has 0 amide bonds. The maximum atomic E-state index is 12.8. The minimum atomic E-state index is -0.789. The molecule has 1 atom stereocenters. The number of hydrogen-bond donors (Lipinski definition) is 0. The van der Waals surface area contributed by atoms with Gasteiger partial charge in [-0.3, -0.25) is 14.4 Å². The molecule has 0 aliphatic carbocycles. The zero-order valence-corrected chi connectivity index (χ0v) is 50.2.